The summed E-state index contributed by atoms with van der Waals surface area (Å²) in [6, 6.07) is 4.09. The minimum Gasteiger partial charge on any atom is -0.507 e. The number of aryl methyl sites for hydroxylation is 3. The van der Waals surface area contributed by atoms with Crippen LogP contribution >= 0.6 is 0 Å². The molecule has 4 nitrogen and oxygen atoms in total. The van der Waals surface area contributed by atoms with Gasteiger partial charge in [0.2, 0.25) is 0 Å². The van der Waals surface area contributed by atoms with Gasteiger partial charge in [0.15, 0.2) is 11.4 Å². The van der Waals surface area contributed by atoms with Crippen molar-refractivity contribution in [3.8, 4) is 0 Å². The van der Waals surface area contributed by atoms with Gasteiger partial charge in [-0.05, 0) is 82.9 Å². The Morgan fingerprint density at radius 3 is 2.19 bits per heavy atom. The van der Waals surface area contributed by atoms with Crippen LogP contribution in [0, 0.1) is 20.8 Å². The Bertz CT molecular complexity index is 773. The maximum Gasteiger partial charge on any atom is 0.343 e. The molecule has 1 aromatic carbocycles. The molecule has 1 aromatic rings. The summed E-state index contributed by atoms with van der Waals surface area (Å²) in [4.78, 5) is 12.7. The van der Waals surface area contributed by atoms with Crippen molar-refractivity contribution in [2.24, 2.45) is 0 Å². The van der Waals surface area contributed by atoms with Crippen molar-refractivity contribution < 1.29 is 19.4 Å². The van der Waals surface area contributed by atoms with Crippen molar-refractivity contribution in [3.63, 3.8) is 0 Å². The van der Waals surface area contributed by atoms with E-state index in [-0.39, 0.29) is 11.4 Å². The van der Waals surface area contributed by atoms with Crippen LogP contribution in [0.1, 0.15) is 67.7 Å². The Labute approximate surface area is 155 Å². The Morgan fingerprint density at radius 1 is 1.04 bits per heavy atom. The maximum atomic E-state index is 12.7. The highest BCUT2D eigenvalue weighted by atomic mass is 16.6. The summed E-state index contributed by atoms with van der Waals surface area (Å²) in [6.45, 7) is 8.12. The van der Waals surface area contributed by atoms with Crippen LogP contribution in [0.4, 0.5) is 0 Å². The Balaban J connectivity index is 1.68. The van der Waals surface area contributed by atoms with E-state index in [0.717, 1.165) is 47.9 Å². The molecule has 1 saturated carbocycles. The van der Waals surface area contributed by atoms with E-state index in [1.54, 1.807) is 0 Å². The van der Waals surface area contributed by atoms with Crippen LogP contribution in [0.15, 0.2) is 17.9 Å². The van der Waals surface area contributed by atoms with Gasteiger partial charge >= 0.3 is 5.97 Å². The van der Waals surface area contributed by atoms with Gasteiger partial charge in [0.25, 0.3) is 0 Å². The molecule has 140 valence electrons. The average Bonchev–Trinajstić information content (AvgIpc) is 3.03. The van der Waals surface area contributed by atoms with Crippen molar-refractivity contribution in [1.29, 1.82) is 0 Å². The second kappa shape index (κ2) is 5.85. The van der Waals surface area contributed by atoms with Crippen LogP contribution in [0.25, 0.3) is 5.57 Å². The molecule has 0 radical (unpaired) electrons. The van der Waals surface area contributed by atoms with E-state index in [1.165, 1.54) is 0 Å². The van der Waals surface area contributed by atoms with Gasteiger partial charge in [-0.1, -0.05) is 17.7 Å². The summed E-state index contributed by atoms with van der Waals surface area (Å²) in [5.74, 6) is -0.271. The van der Waals surface area contributed by atoms with Crippen molar-refractivity contribution in [2.45, 2.75) is 83.5 Å². The highest BCUT2D eigenvalue weighted by Crippen LogP contribution is 2.52. The van der Waals surface area contributed by atoms with E-state index in [4.69, 9.17) is 9.47 Å². The van der Waals surface area contributed by atoms with Gasteiger partial charge < -0.3 is 14.6 Å². The lowest BCUT2D eigenvalue weighted by Crippen LogP contribution is -2.44. The molecule has 1 unspecified atom stereocenters. The predicted octanol–water partition coefficient (Wildman–Crippen LogP) is 4.69. The second-order valence-corrected chi connectivity index (χ2v) is 8.53. The van der Waals surface area contributed by atoms with Gasteiger partial charge in [0, 0.05) is 0 Å². The fourth-order valence-electron chi connectivity index (χ4n) is 5.22. The number of hydrogen-bond donors (Lipinski definition) is 1. The molecule has 4 heteroatoms. The van der Waals surface area contributed by atoms with Crippen LogP contribution < -0.4 is 0 Å². The molecule has 26 heavy (non-hydrogen) atoms. The van der Waals surface area contributed by atoms with Crippen molar-refractivity contribution in [3.05, 3.63) is 40.1 Å². The molecular formula is C22H28O4. The SMILES string of the molecule is Cc1cc(C)c(C2=C(O)C3(CCC4(CCC(C)O4)CC3)OC2=O)c(C)c1. The number of ether oxygens (including phenoxy) is 2. The first-order valence-electron chi connectivity index (χ1n) is 9.68. The van der Waals surface area contributed by atoms with E-state index in [9.17, 15) is 9.90 Å². The molecule has 2 heterocycles. The third-order valence-corrected chi connectivity index (χ3v) is 6.51. The summed E-state index contributed by atoms with van der Waals surface area (Å²) in [6.07, 6.45) is 5.36. The highest BCUT2D eigenvalue weighted by Gasteiger charge is 2.55. The zero-order valence-electron chi connectivity index (χ0n) is 16.1. The van der Waals surface area contributed by atoms with E-state index in [0.29, 0.717) is 24.5 Å². The fourth-order valence-corrected chi connectivity index (χ4v) is 5.22. The molecule has 1 saturated heterocycles. The van der Waals surface area contributed by atoms with E-state index < -0.39 is 11.6 Å². The van der Waals surface area contributed by atoms with E-state index >= 15 is 0 Å². The van der Waals surface area contributed by atoms with Crippen LogP contribution in [-0.4, -0.2) is 28.4 Å². The zero-order chi connectivity index (χ0) is 18.7. The molecule has 1 aliphatic carbocycles. The largest absolute Gasteiger partial charge is 0.507 e. The lowest BCUT2D eigenvalue weighted by Gasteiger charge is -2.41. The molecule has 2 fully saturated rings. The third kappa shape index (κ3) is 2.58. The molecule has 0 amide bonds. The van der Waals surface area contributed by atoms with Gasteiger partial charge in [-0.3, -0.25) is 0 Å². The monoisotopic (exact) mass is 356 g/mol. The first kappa shape index (κ1) is 17.6. The first-order valence-corrected chi connectivity index (χ1v) is 9.68. The van der Waals surface area contributed by atoms with Gasteiger partial charge in [0.1, 0.15) is 5.57 Å². The Hall–Kier alpha value is -1.81. The summed E-state index contributed by atoms with van der Waals surface area (Å²) >= 11 is 0. The number of aliphatic hydroxyl groups excluding tert-OH is 1. The van der Waals surface area contributed by atoms with Crippen molar-refractivity contribution in [1.82, 2.24) is 0 Å². The smallest absolute Gasteiger partial charge is 0.343 e. The molecular weight excluding hydrogens is 328 g/mol. The summed E-state index contributed by atoms with van der Waals surface area (Å²) < 4.78 is 12.0. The van der Waals surface area contributed by atoms with E-state index in [1.807, 2.05) is 32.9 Å². The first-order chi connectivity index (χ1) is 12.3. The number of carbonyl (C=O) groups is 1. The number of carbonyl (C=O) groups excluding carboxylic acids is 1. The fraction of sp³-hybridized carbons (Fsp3) is 0.591. The van der Waals surface area contributed by atoms with Crippen LogP contribution in [0.3, 0.4) is 0 Å². The van der Waals surface area contributed by atoms with E-state index in [2.05, 4.69) is 6.92 Å². The number of esters is 1. The molecule has 1 atom stereocenters. The molecule has 0 aromatic heterocycles. The average molecular weight is 356 g/mol. The summed E-state index contributed by atoms with van der Waals surface area (Å²) in [5.41, 5.74) is 3.37. The highest BCUT2D eigenvalue weighted by molar-refractivity contribution is 6.20. The number of aliphatic hydroxyl groups is 1. The number of hydrogen-bond acceptors (Lipinski definition) is 4. The third-order valence-electron chi connectivity index (χ3n) is 6.51. The van der Waals surface area contributed by atoms with Gasteiger partial charge in [-0.15, -0.1) is 0 Å². The van der Waals surface area contributed by atoms with Gasteiger partial charge in [0.05, 0.1) is 11.7 Å². The molecule has 4 rings (SSSR count). The summed E-state index contributed by atoms with van der Waals surface area (Å²) in [5, 5.41) is 11.1. The molecule has 2 spiro atoms. The Morgan fingerprint density at radius 2 is 1.65 bits per heavy atom. The zero-order valence-corrected chi connectivity index (χ0v) is 16.1. The predicted molar refractivity (Wildman–Crippen MR) is 100 cm³/mol. The molecule has 0 bridgehead atoms. The van der Waals surface area contributed by atoms with Crippen molar-refractivity contribution in [2.75, 3.05) is 0 Å². The standard InChI is InChI=1S/C22H28O4/c1-13-11-14(2)17(15(3)12-13)18-19(23)22(26-20(18)24)9-7-21(8-10-22)6-5-16(4)25-21/h11-12,16,23H,5-10H2,1-4H3. The lowest BCUT2D eigenvalue weighted by atomic mass is 9.73. The second-order valence-electron chi connectivity index (χ2n) is 8.53. The van der Waals surface area contributed by atoms with Crippen LogP contribution in [0.2, 0.25) is 0 Å². The van der Waals surface area contributed by atoms with Crippen molar-refractivity contribution >= 4 is 11.5 Å². The minimum atomic E-state index is -0.864. The summed E-state index contributed by atoms with van der Waals surface area (Å²) in [7, 11) is 0. The van der Waals surface area contributed by atoms with Gasteiger partial charge in [-0.25, -0.2) is 4.79 Å². The minimum absolute atomic E-state index is 0.0875. The maximum absolute atomic E-state index is 12.7. The van der Waals surface area contributed by atoms with Crippen LogP contribution in [-0.2, 0) is 14.3 Å². The normalized spacial score (nSPS) is 34.2. The lowest BCUT2D eigenvalue weighted by molar-refractivity contribution is -0.158. The van der Waals surface area contributed by atoms with Crippen LogP contribution in [0.5, 0.6) is 0 Å². The topological polar surface area (TPSA) is 55.8 Å². The molecule has 3 aliphatic rings. The van der Waals surface area contributed by atoms with Gasteiger partial charge in [-0.2, -0.15) is 0 Å². The molecule has 1 N–H and O–H groups in total. The Kier molecular flexibility index (Phi) is 3.96. The quantitative estimate of drug-likeness (QED) is 0.742. The molecule has 2 aliphatic heterocycles. The number of benzene rings is 1. The number of rotatable bonds is 1.